The first-order chi connectivity index (χ1) is 18.7. The lowest BCUT2D eigenvalue weighted by Gasteiger charge is -2.33. The maximum absolute atomic E-state index is 14.0. The van der Waals surface area contributed by atoms with Crippen LogP contribution in [-0.4, -0.2) is 51.9 Å². The Kier molecular flexibility index (Phi) is 10.1. The number of carbonyl (C=O) groups is 2. The van der Waals surface area contributed by atoms with Crippen LogP contribution in [0.4, 0.5) is 5.69 Å². The molecule has 208 valence electrons. The van der Waals surface area contributed by atoms with Gasteiger partial charge in [-0.05, 0) is 61.2 Å². The number of hydrogen-bond donors (Lipinski definition) is 1. The summed E-state index contributed by atoms with van der Waals surface area (Å²) < 4.78 is 34.4. The first-order valence-electron chi connectivity index (χ1n) is 13.0. The molecule has 3 rings (SSSR count). The Labute approximate surface area is 231 Å². The number of amides is 2. The van der Waals surface area contributed by atoms with Crippen molar-refractivity contribution in [3.8, 4) is 5.75 Å². The van der Waals surface area contributed by atoms with Gasteiger partial charge in [-0.2, -0.15) is 0 Å². The zero-order valence-corrected chi connectivity index (χ0v) is 24.0. The van der Waals surface area contributed by atoms with Crippen molar-refractivity contribution in [1.82, 2.24) is 10.2 Å². The molecular weight excluding hydrogens is 514 g/mol. The molecule has 0 aliphatic carbocycles. The number of aryl methyl sites for hydroxylation is 2. The Morgan fingerprint density at radius 3 is 2.15 bits per heavy atom. The highest BCUT2D eigenvalue weighted by Gasteiger charge is 2.34. The number of rotatable bonds is 12. The third-order valence-corrected chi connectivity index (χ3v) is 8.45. The van der Waals surface area contributed by atoms with Gasteiger partial charge in [0, 0.05) is 13.6 Å². The zero-order chi connectivity index (χ0) is 28.6. The molecule has 0 aliphatic heterocycles. The summed E-state index contributed by atoms with van der Waals surface area (Å²) in [6, 6.07) is 20.1. The van der Waals surface area contributed by atoms with Crippen LogP contribution in [0.15, 0.2) is 77.7 Å². The van der Waals surface area contributed by atoms with Crippen LogP contribution in [0.1, 0.15) is 37.0 Å². The van der Waals surface area contributed by atoms with Crippen molar-refractivity contribution < 1.29 is 22.7 Å². The molecule has 0 radical (unpaired) electrons. The van der Waals surface area contributed by atoms with Gasteiger partial charge in [-0.3, -0.25) is 13.9 Å². The molecule has 0 spiro atoms. The average Bonchev–Trinajstić information content (AvgIpc) is 2.95. The molecule has 0 heterocycles. The summed E-state index contributed by atoms with van der Waals surface area (Å²) in [7, 11) is -1.01. The molecule has 0 aliphatic rings. The Morgan fingerprint density at radius 1 is 0.949 bits per heavy atom. The van der Waals surface area contributed by atoms with Gasteiger partial charge in [-0.15, -0.1) is 0 Å². The fourth-order valence-electron chi connectivity index (χ4n) is 4.42. The van der Waals surface area contributed by atoms with Gasteiger partial charge in [0.2, 0.25) is 11.8 Å². The summed E-state index contributed by atoms with van der Waals surface area (Å²) >= 11 is 0. The van der Waals surface area contributed by atoms with E-state index in [2.05, 4.69) is 5.32 Å². The molecule has 1 atom stereocenters. The maximum Gasteiger partial charge on any atom is 0.264 e. The van der Waals surface area contributed by atoms with Gasteiger partial charge in [0.05, 0.1) is 17.7 Å². The van der Waals surface area contributed by atoms with E-state index < -0.39 is 28.5 Å². The lowest BCUT2D eigenvalue weighted by molar-refractivity contribution is -0.140. The first-order valence-corrected chi connectivity index (χ1v) is 14.4. The lowest BCUT2D eigenvalue weighted by Crippen LogP contribution is -2.51. The van der Waals surface area contributed by atoms with Crippen LogP contribution in [-0.2, 0) is 32.6 Å². The third-order valence-electron chi connectivity index (χ3n) is 6.67. The summed E-state index contributed by atoms with van der Waals surface area (Å²) in [6.45, 7) is 5.30. The van der Waals surface area contributed by atoms with E-state index in [0.717, 1.165) is 21.0 Å². The van der Waals surface area contributed by atoms with Crippen molar-refractivity contribution in [1.29, 1.82) is 0 Å². The summed E-state index contributed by atoms with van der Waals surface area (Å²) in [5.74, 6) is -0.134. The molecule has 9 heteroatoms. The molecule has 0 fully saturated rings. The van der Waals surface area contributed by atoms with Crippen LogP contribution in [0.3, 0.4) is 0 Å². The number of methoxy groups -OCH3 is 1. The number of anilines is 1. The van der Waals surface area contributed by atoms with Gasteiger partial charge in [0.15, 0.2) is 0 Å². The summed E-state index contributed by atoms with van der Waals surface area (Å²) in [4.78, 5) is 28.4. The number of ether oxygens (including phenoxy) is 1. The molecule has 0 bridgehead atoms. The van der Waals surface area contributed by atoms with Crippen molar-refractivity contribution in [2.24, 2.45) is 0 Å². The minimum atomic E-state index is -4.10. The van der Waals surface area contributed by atoms with Crippen LogP contribution >= 0.6 is 0 Å². The molecule has 39 heavy (non-hydrogen) atoms. The fourth-order valence-corrected chi connectivity index (χ4v) is 5.87. The van der Waals surface area contributed by atoms with Crippen LogP contribution < -0.4 is 14.4 Å². The zero-order valence-electron chi connectivity index (χ0n) is 23.2. The largest absolute Gasteiger partial charge is 0.497 e. The smallest absolute Gasteiger partial charge is 0.264 e. The van der Waals surface area contributed by atoms with E-state index in [1.807, 2.05) is 45.0 Å². The van der Waals surface area contributed by atoms with Crippen LogP contribution in [0.25, 0.3) is 0 Å². The second-order valence-corrected chi connectivity index (χ2v) is 11.1. The van der Waals surface area contributed by atoms with Crippen LogP contribution in [0, 0.1) is 6.92 Å². The van der Waals surface area contributed by atoms with Crippen LogP contribution in [0.2, 0.25) is 0 Å². The van der Waals surface area contributed by atoms with E-state index in [9.17, 15) is 18.0 Å². The average molecular weight is 552 g/mol. The van der Waals surface area contributed by atoms with Crippen molar-refractivity contribution >= 4 is 27.5 Å². The van der Waals surface area contributed by atoms with Gasteiger partial charge < -0.3 is 15.0 Å². The highest BCUT2D eigenvalue weighted by molar-refractivity contribution is 7.92. The van der Waals surface area contributed by atoms with Gasteiger partial charge in [-0.25, -0.2) is 8.42 Å². The normalized spacial score (nSPS) is 11.9. The quantitative estimate of drug-likeness (QED) is 0.362. The number of likely N-dealkylation sites (N-methyl/N-ethyl adjacent to an activating group) is 1. The van der Waals surface area contributed by atoms with E-state index in [1.165, 1.54) is 11.9 Å². The minimum Gasteiger partial charge on any atom is -0.497 e. The van der Waals surface area contributed by atoms with E-state index in [0.29, 0.717) is 24.3 Å². The molecule has 2 amide bonds. The molecule has 0 unspecified atom stereocenters. The van der Waals surface area contributed by atoms with Crippen molar-refractivity contribution in [3.63, 3.8) is 0 Å². The summed E-state index contributed by atoms with van der Waals surface area (Å²) in [5, 5.41) is 2.64. The summed E-state index contributed by atoms with van der Waals surface area (Å²) in [6.07, 6.45) is 0.938. The lowest BCUT2D eigenvalue weighted by atomic mass is 10.1. The number of hydrogen-bond acceptors (Lipinski definition) is 5. The van der Waals surface area contributed by atoms with Crippen LogP contribution in [0.5, 0.6) is 5.75 Å². The Morgan fingerprint density at radius 2 is 1.59 bits per heavy atom. The highest BCUT2D eigenvalue weighted by Crippen LogP contribution is 2.28. The predicted molar refractivity (Wildman–Crippen MR) is 153 cm³/mol. The molecule has 3 aromatic carbocycles. The third kappa shape index (κ3) is 6.97. The number of carbonyl (C=O) groups excluding carboxylic acids is 2. The predicted octanol–water partition coefficient (Wildman–Crippen LogP) is 4.31. The first kappa shape index (κ1) is 29.7. The molecular formula is C30H37N3O5S. The second kappa shape index (κ2) is 13.3. The number of benzene rings is 3. The fraction of sp³-hybridized carbons (Fsp3) is 0.333. The van der Waals surface area contributed by atoms with Crippen molar-refractivity contribution in [2.75, 3.05) is 25.0 Å². The SMILES string of the molecule is CCc1ccccc1N(CC(=O)N(Cc1ccc(OC)cc1)[C@H](CC)C(=O)NC)S(=O)(=O)c1ccc(C)cc1. The minimum absolute atomic E-state index is 0.0897. The monoisotopic (exact) mass is 551 g/mol. The van der Waals surface area contributed by atoms with Crippen molar-refractivity contribution in [2.45, 2.75) is 51.1 Å². The molecule has 0 saturated carbocycles. The number of sulfonamides is 1. The summed E-state index contributed by atoms with van der Waals surface area (Å²) in [5.41, 5.74) is 2.94. The van der Waals surface area contributed by atoms with E-state index in [1.54, 1.807) is 55.6 Å². The van der Waals surface area contributed by atoms with Gasteiger partial charge in [0.25, 0.3) is 10.0 Å². The molecule has 0 saturated heterocycles. The van der Waals surface area contributed by atoms with E-state index >= 15 is 0 Å². The number of nitrogens with one attached hydrogen (secondary N) is 1. The molecule has 8 nitrogen and oxygen atoms in total. The van der Waals surface area contributed by atoms with E-state index in [4.69, 9.17) is 4.74 Å². The number of para-hydroxylation sites is 1. The van der Waals surface area contributed by atoms with Gasteiger partial charge >= 0.3 is 0 Å². The second-order valence-electron chi connectivity index (χ2n) is 9.22. The Hall–Kier alpha value is -3.85. The van der Waals surface area contributed by atoms with Crippen molar-refractivity contribution in [3.05, 3.63) is 89.5 Å². The molecule has 1 N–H and O–H groups in total. The molecule has 3 aromatic rings. The van der Waals surface area contributed by atoms with Gasteiger partial charge in [0.1, 0.15) is 18.3 Å². The number of nitrogens with zero attached hydrogens (tertiary/aromatic N) is 2. The Balaban J connectivity index is 2.08. The Bertz CT molecular complexity index is 1370. The van der Waals surface area contributed by atoms with E-state index in [-0.39, 0.29) is 17.3 Å². The topological polar surface area (TPSA) is 96.0 Å². The molecule has 0 aromatic heterocycles. The van der Waals surface area contributed by atoms with Gasteiger partial charge in [-0.1, -0.05) is 61.9 Å². The highest BCUT2D eigenvalue weighted by atomic mass is 32.2. The maximum atomic E-state index is 14.0. The standard InChI is InChI=1S/C30H37N3O5S/c1-6-24-10-8-9-11-28(24)33(39(36,37)26-18-12-22(3)13-19-26)21-29(34)32(27(7-2)30(35)31-4)20-23-14-16-25(38-5)17-15-23/h8-19,27H,6-7,20-21H2,1-5H3,(H,31,35)/t27-/m1/s1.